The first-order chi connectivity index (χ1) is 17.2. The molecule has 0 atom stereocenters. The molecule has 196 valence electrons. The SMILES string of the molecule is CCOCCCNC(=O)c1cc(NC(=O)Nc2cccc(C(F)(F)F)c2)ccc1N1CCC(C)CC1. The molecule has 7 nitrogen and oxygen atoms in total. The van der Waals surface area contributed by atoms with Gasteiger partial charge in [0, 0.05) is 49.9 Å². The van der Waals surface area contributed by atoms with Crippen LogP contribution in [-0.2, 0) is 10.9 Å². The number of benzene rings is 2. The van der Waals surface area contributed by atoms with E-state index in [1.54, 1.807) is 18.2 Å². The highest BCUT2D eigenvalue weighted by Crippen LogP contribution is 2.31. The zero-order valence-corrected chi connectivity index (χ0v) is 20.6. The highest BCUT2D eigenvalue weighted by molar-refractivity contribution is 6.04. The lowest BCUT2D eigenvalue weighted by Gasteiger charge is -2.33. The number of carbonyl (C=O) groups is 2. The van der Waals surface area contributed by atoms with Crippen LogP contribution in [0.2, 0.25) is 0 Å². The number of hydrogen-bond donors (Lipinski definition) is 3. The Morgan fingerprint density at radius 1 is 1.06 bits per heavy atom. The predicted octanol–water partition coefficient (Wildman–Crippen LogP) is 5.74. The van der Waals surface area contributed by atoms with Crippen LogP contribution in [0.3, 0.4) is 0 Å². The second-order valence-electron chi connectivity index (χ2n) is 8.87. The number of nitrogens with zero attached hydrogens (tertiary/aromatic N) is 1. The summed E-state index contributed by atoms with van der Waals surface area (Å²) in [5.41, 5.74) is 0.719. The van der Waals surface area contributed by atoms with E-state index < -0.39 is 17.8 Å². The van der Waals surface area contributed by atoms with Gasteiger partial charge in [0.15, 0.2) is 0 Å². The smallest absolute Gasteiger partial charge is 0.382 e. The Bertz CT molecular complexity index is 1040. The number of alkyl halides is 3. The molecule has 0 radical (unpaired) electrons. The van der Waals surface area contributed by atoms with Crippen molar-refractivity contribution in [2.45, 2.75) is 39.3 Å². The molecule has 0 unspecified atom stereocenters. The maximum Gasteiger partial charge on any atom is 0.416 e. The molecule has 36 heavy (non-hydrogen) atoms. The van der Waals surface area contributed by atoms with Crippen LogP contribution in [0.15, 0.2) is 42.5 Å². The molecule has 1 aliphatic rings. The van der Waals surface area contributed by atoms with Crippen LogP contribution < -0.4 is 20.9 Å². The molecular weight excluding hydrogens is 473 g/mol. The number of piperidine rings is 1. The summed E-state index contributed by atoms with van der Waals surface area (Å²) in [4.78, 5) is 27.7. The second kappa shape index (κ2) is 12.6. The average molecular weight is 507 g/mol. The maximum atomic E-state index is 13.1. The lowest BCUT2D eigenvalue weighted by atomic mass is 9.98. The fraction of sp³-hybridized carbons (Fsp3) is 0.462. The van der Waals surface area contributed by atoms with Crippen LogP contribution >= 0.6 is 0 Å². The van der Waals surface area contributed by atoms with Gasteiger partial charge in [-0.25, -0.2) is 4.79 Å². The summed E-state index contributed by atoms with van der Waals surface area (Å²) >= 11 is 0. The van der Waals surface area contributed by atoms with Crippen molar-refractivity contribution in [3.05, 3.63) is 53.6 Å². The summed E-state index contributed by atoms with van der Waals surface area (Å²) in [5, 5.41) is 7.93. The molecule has 3 N–H and O–H groups in total. The molecule has 0 aliphatic carbocycles. The van der Waals surface area contributed by atoms with Crippen molar-refractivity contribution in [2.75, 3.05) is 48.4 Å². The van der Waals surface area contributed by atoms with Gasteiger partial charge in [-0.15, -0.1) is 0 Å². The molecule has 1 saturated heterocycles. The van der Waals surface area contributed by atoms with Crippen LogP contribution in [0, 0.1) is 5.92 Å². The zero-order chi connectivity index (χ0) is 26.1. The highest BCUT2D eigenvalue weighted by Gasteiger charge is 2.30. The van der Waals surface area contributed by atoms with Crippen LogP contribution in [0.25, 0.3) is 0 Å². The van der Waals surface area contributed by atoms with Crippen molar-refractivity contribution in [3.63, 3.8) is 0 Å². The standard InChI is InChI=1S/C26H33F3N4O3/c1-3-36-15-5-12-30-24(34)22-17-21(8-9-23(22)33-13-10-18(2)11-14-33)32-25(35)31-20-7-4-6-19(16-20)26(27,28)29/h4,6-9,16-18H,3,5,10-15H2,1-2H3,(H,30,34)(H2,31,32,35). The number of hydrogen-bond acceptors (Lipinski definition) is 4. The largest absolute Gasteiger partial charge is 0.416 e. The Kier molecular flexibility index (Phi) is 9.58. The van der Waals surface area contributed by atoms with E-state index in [0.717, 1.165) is 43.8 Å². The van der Waals surface area contributed by atoms with Gasteiger partial charge in [-0.05, 0) is 68.5 Å². The predicted molar refractivity (Wildman–Crippen MR) is 135 cm³/mol. The minimum Gasteiger partial charge on any atom is -0.382 e. The normalized spacial score (nSPS) is 14.4. The monoisotopic (exact) mass is 506 g/mol. The third-order valence-corrected chi connectivity index (χ3v) is 6.03. The fourth-order valence-corrected chi connectivity index (χ4v) is 4.00. The summed E-state index contributed by atoms with van der Waals surface area (Å²) in [6.45, 7) is 7.38. The van der Waals surface area contributed by atoms with E-state index >= 15 is 0 Å². The van der Waals surface area contributed by atoms with E-state index in [1.165, 1.54) is 12.1 Å². The van der Waals surface area contributed by atoms with E-state index in [0.29, 0.717) is 43.3 Å². The Hall–Kier alpha value is -3.27. The summed E-state index contributed by atoms with van der Waals surface area (Å²) < 4.78 is 44.2. The lowest BCUT2D eigenvalue weighted by Crippen LogP contribution is -2.35. The lowest BCUT2D eigenvalue weighted by molar-refractivity contribution is -0.137. The summed E-state index contributed by atoms with van der Waals surface area (Å²) in [7, 11) is 0. The van der Waals surface area contributed by atoms with Gasteiger partial charge < -0.3 is 25.6 Å². The average Bonchev–Trinajstić information content (AvgIpc) is 2.84. The first-order valence-electron chi connectivity index (χ1n) is 12.2. The Balaban J connectivity index is 1.73. The Labute approximate surface area is 209 Å². The summed E-state index contributed by atoms with van der Waals surface area (Å²) in [5.74, 6) is 0.361. The third-order valence-electron chi connectivity index (χ3n) is 6.03. The van der Waals surface area contributed by atoms with Gasteiger partial charge in [0.05, 0.1) is 11.1 Å². The van der Waals surface area contributed by atoms with Crippen molar-refractivity contribution in [3.8, 4) is 0 Å². The molecule has 0 spiro atoms. The zero-order valence-electron chi connectivity index (χ0n) is 20.6. The van der Waals surface area contributed by atoms with Crippen LogP contribution in [0.1, 0.15) is 49.0 Å². The van der Waals surface area contributed by atoms with E-state index in [4.69, 9.17) is 4.74 Å². The molecule has 3 amide bonds. The first-order valence-corrected chi connectivity index (χ1v) is 12.2. The topological polar surface area (TPSA) is 82.7 Å². The van der Waals surface area contributed by atoms with E-state index in [1.807, 2.05) is 6.92 Å². The molecule has 3 rings (SSSR count). The van der Waals surface area contributed by atoms with E-state index in [9.17, 15) is 22.8 Å². The quantitative estimate of drug-likeness (QED) is 0.379. The Morgan fingerprint density at radius 2 is 1.75 bits per heavy atom. The number of nitrogens with one attached hydrogen (secondary N) is 3. The second-order valence-corrected chi connectivity index (χ2v) is 8.87. The highest BCUT2D eigenvalue weighted by atomic mass is 19.4. The molecular formula is C26H33F3N4O3. The number of carbonyl (C=O) groups excluding carboxylic acids is 2. The molecule has 2 aromatic rings. The number of anilines is 3. The minimum atomic E-state index is -4.51. The molecule has 2 aromatic carbocycles. The van der Waals surface area contributed by atoms with Crippen LogP contribution in [-0.4, -0.2) is 44.8 Å². The Morgan fingerprint density at radius 3 is 2.42 bits per heavy atom. The number of urea groups is 1. The number of ether oxygens (including phenoxy) is 1. The minimum absolute atomic E-state index is 0.00801. The van der Waals surface area contributed by atoms with E-state index in [2.05, 4.69) is 27.8 Å². The fourth-order valence-electron chi connectivity index (χ4n) is 4.00. The van der Waals surface area contributed by atoms with Crippen molar-refractivity contribution in [1.29, 1.82) is 0 Å². The van der Waals surface area contributed by atoms with Gasteiger partial charge in [0.2, 0.25) is 0 Å². The first kappa shape index (κ1) is 27.3. The molecule has 0 saturated carbocycles. The van der Waals surface area contributed by atoms with Gasteiger partial charge in [0.1, 0.15) is 0 Å². The summed E-state index contributed by atoms with van der Waals surface area (Å²) in [6, 6.07) is 8.75. The number of amides is 3. The molecule has 10 heteroatoms. The van der Waals surface area contributed by atoms with Crippen molar-refractivity contribution >= 4 is 29.0 Å². The molecule has 1 fully saturated rings. The number of halogens is 3. The molecule has 1 heterocycles. The van der Waals surface area contributed by atoms with Crippen LogP contribution in [0.5, 0.6) is 0 Å². The van der Waals surface area contributed by atoms with Crippen molar-refractivity contribution in [1.82, 2.24) is 5.32 Å². The van der Waals surface area contributed by atoms with Crippen molar-refractivity contribution < 1.29 is 27.5 Å². The summed E-state index contributed by atoms with van der Waals surface area (Å²) in [6.07, 6.45) is -1.79. The third kappa shape index (κ3) is 7.87. The van der Waals surface area contributed by atoms with Gasteiger partial charge in [-0.3, -0.25) is 4.79 Å². The van der Waals surface area contributed by atoms with E-state index in [-0.39, 0.29) is 11.6 Å². The van der Waals surface area contributed by atoms with Crippen molar-refractivity contribution in [2.24, 2.45) is 5.92 Å². The molecule has 1 aliphatic heterocycles. The van der Waals surface area contributed by atoms with Gasteiger partial charge >= 0.3 is 12.2 Å². The molecule has 0 bridgehead atoms. The van der Waals surface area contributed by atoms with Crippen LogP contribution in [0.4, 0.5) is 35.0 Å². The van der Waals surface area contributed by atoms with Gasteiger partial charge in [-0.1, -0.05) is 13.0 Å². The number of rotatable bonds is 9. The van der Waals surface area contributed by atoms with Gasteiger partial charge in [0.25, 0.3) is 5.91 Å². The molecule has 0 aromatic heterocycles. The maximum absolute atomic E-state index is 13.1. The van der Waals surface area contributed by atoms with Gasteiger partial charge in [-0.2, -0.15) is 13.2 Å².